The number of nitrogens with zero attached hydrogens (tertiary/aromatic N) is 5. The van der Waals surface area contributed by atoms with Crippen molar-refractivity contribution >= 4 is 17.7 Å². The zero-order chi connectivity index (χ0) is 21.9. The molecular weight excluding hydrogens is 418 g/mol. The molecule has 7 heteroatoms. The first-order chi connectivity index (χ1) is 15.7. The van der Waals surface area contributed by atoms with E-state index in [0.29, 0.717) is 12.0 Å². The SMILES string of the molecule is C[C@@H](Sc1nnc(-c2ccncc2)n1C1CC1)C(=O)N1CCC(Cc2ccccc2)CC1. The van der Waals surface area contributed by atoms with Gasteiger partial charge in [0, 0.05) is 37.1 Å². The molecule has 1 aromatic carbocycles. The summed E-state index contributed by atoms with van der Waals surface area (Å²) < 4.78 is 2.22. The van der Waals surface area contributed by atoms with Gasteiger partial charge in [0.05, 0.1) is 5.25 Å². The summed E-state index contributed by atoms with van der Waals surface area (Å²) >= 11 is 1.54. The van der Waals surface area contributed by atoms with Crippen molar-refractivity contribution in [2.45, 2.75) is 55.5 Å². The third-order valence-electron chi connectivity index (χ3n) is 6.44. The van der Waals surface area contributed by atoms with Gasteiger partial charge in [-0.1, -0.05) is 42.1 Å². The van der Waals surface area contributed by atoms with Crippen LogP contribution in [-0.4, -0.2) is 48.9 Å². The predicted molar refractivity (Wildman–Crippen MR) is 126 cm³/mol. The van der Waals surface area contributed by atoms with Gasteiger partial charge in [-0.05, 0) is 62.6 Å². The number of hydrogen-bond donors (Lipinski definition) is 0. The monoisotopic (exact) mass is 447 g/mol. The van der Waals surface area contributed by atoms with E-state index in [1.807, 2.05) is 24.0 Å². The fourth-order valence-corrected chi connectivity index (χ4v) is 5.49. The molecule has 0 N–H and O–H groups in total. The highest BCUT2D eigenvalue weighted by Gasteiger charge is 2.33. The van der Waals surface area contributed by atoms with Crippen molar-refractivity contribution in [2.24, 2.45) is 5.92 Å². The molecule has 6 nitrogen and oxygen atoms in total. The molecule has 166 valence electrons. The predicted octanol–water partition coefficient (Wildman–Crippen LogP) is 4.64. The molecule has 2 aromatic heterocycles. The van der Waals surface area contributed by atoms with Crippen LogP contribution in [0.3, 0.4) is 0 Å². The standard InChI is InChI=1S/C25H29N5OS/c1-18(24(31)29-15-11-20(12-16-29)17-19-5-3-2-4-6-19)32-25-28-27-23(30(25)22-7-8-22)21-9-13-26-14-10-21/h2-6,9-10,13-14,18,20,22H,7-8,11-12,15-17H2,1H3/t18-/m1/s1. The zero-order valence-electron chi connectivity index (χ0n) is 18.4. The third-order valence-corrected chi connectivity index (χ3v) is 7.48. The van der Waals surface area contributed by atoms with Gasteiger partial charge >= 0.3 is 0 Å². The first-order valence-corrected chi connectivity index (χ1v) is 12.4. The Morgan fingerprint density at radius 3 is 2.44 bits per heavy atom. The molecule has 1 amide bonds. The Morgan fingerprint density at radius 2 is 1.75 bits per heavy atom. The van der Waals surface area contributed by atoms with Gasteiger partial charge in [0.25, 0.3) is 0 Å². The van der Waals surface area contributed by atoms with E-state index in [1.54, 1.807) is 24.2 Å². The Morgan fingerprint density at radius 1 is 1.03 bits per heavy atom. The molecule has 2 aliphatic rings. The van der Waals surface area contributed by atoms with Crippen LogP contribution in [0.15, 0.2) is 60.0 Å². The minimum Gasteiger partial charge on any atom is -0.342 e. The normalized spacial score (nSPS) is 18.0. The molecule has 3 heterocycles. The van der Waals surface area contributed by atoms with Crippen LogP contribution >= 0.6 is 11.8 Å². The second kappa shape index (κ2) is 9.45. The summed E-state index contributed by atoms with van der Waals surface area (Å²) in [5, 5.41) is 9.60. The van der Waals surface area contributed by atoms with E-state index in [9.17, 15) is 4.79 Å². The quantitative estimate of drug-likeness (QED) is 0.494. The molecule has 2 fully saturated rings. The summed E-state index contributed by atoms with van der Waals surface area (Å²) in [6, 6.07) is 15.0. The molecule has 1 aliphatic carbocycles. The smallest absolute Gasteiger partial charge is 0.235 e. The Balaban J connectivity index is 1.21. The number of piperidine rings is 1. The van der Waals surface area contributed by atoms with E-state index < -0.39 is 0 Å². The fraction of sp³-hybridized carbons (Fsp3) is 0.440. The highest BCUT2D eigenvalue weighted by atomic mass is 32.2. The number of thioether (sulfide) groups is 1. The molecule has 5 rings (SSSR count). The lowest BCUT2D eigenvalue weighted by molar-refractivity contribution is -0.131. The summed E-state index contributed by atoms with van der Waals surface area (Å²) in [6.45, 7) is 3.69. The third kappa shape index (κ3) is 4.72. The Bertz CT molecular complexity index is 1040. The topological polar surface area (TPSA) is 63.9 Å². The second-order valence-corrected chi connectivity index (χ2v) is 10.2. The van der Waals surface area contributed by atoms with Crippen LogP contribution < -0.4 is 0 Å². The lowest BCUT2D eigenvalue weighted by Gasteiger charge is -2.33. The second-order valence-electron chi connectivity index (χ2n) is 8.86. The molecular formula is C25H29N5OS. The molecule has 0 radical (unpaired) electrons. The minimum absolute atomic E-state index is 0.173. The highest BCUT2D eigenvalue weighted by Crippen LogP contribution is 2.41. The van der Waals surface area contributed by atoms with Crippen molar-refractivity contribution in [3.05, 3.63) is 60.4 Å². The molecule has 32 heavy (non-hydrogen) atoms. The van der Waals surface area contributed by atoms with E-state index in [2.05, 4.69) is 50.1 Å². The van der Waals surface area contributed by atoms with E-state index in [4.69, 9.17) is 0 Å². The van der Waals surface area contributed by atoms with Gasteiger partial charge in [-0.2, -0.15) is 0 Å². The highest BCUT2D eigenvalue weighted by molar-refractivity contribution is 8.00. The average Bonchev–Trinajstić information content (AvgIpc) is 3.60. The average molecular weight is 448 g/mol. The van der Waals surface area contributed by atoms with Gasteiger partial charge in [0.15, 0.2) is 11.0 Å². The fourth-order valence-electron chi connectivity index (χ4n) is 4.49. The van der Waals surface area contributed by atoms with E-state index >= 15 is 0 Å². The lowest BCUT2D eigenvalue weighted by atomic mass is 9.90. The van der Waals surface area contributed by atoms with Crippen molar-refractivity contribution in [1.29, 1.82) is 0 Å². The summed E-state index contributed by atoms with van der Waals surface area (Å²) in [4.78, 5) is 19.3. The van der Waals surface area contributed by atoms with Gasteiger partial charge in [0.1, 0.15) is 0 Å². The number of hydrogen-bond acceptors (Lipinski definition) is 5. The van der Waals surface area contributed by atoms with Crippen LogP contribution in [0.2, 0.25) is 0 Å². The number of pyridine rings is 1. The maximum atomic E-state index is 13.2. The van der Waals surface area contributed by atoms with Gasteiger partial charge in [-0.15, -0.1) is 10.2 Å². The van der Waals surface area contributed by atoms with E-state index in [1.165, 1.54) is 5.56 Å². The first kappa shape index (κ1) is 21.2. The van der Waals surface area contributed by atoms with Gasteiger partial charge in [-0.25, -0.2) is 0 Å². The molecule has 1 atom stereocenters. The maximum absolute atomic E-state index is 13.2. The van der Waals surface area contributed by atoms with E-state index in [-0.39, 0.29) is 11.2 Å². The Labute approximate surface area is 193 Å². The number of carbonyl (C=O) groups excluding carboxylic acids is 1. The molecule has 0 spiro atoms. The first-order valence-electron chi connectivity index (χ1n) is 11.5. The van der Waals surface area contributed by atoms with Gasteiger partial charge in [0.2, 0.25) is 5.91 Å². The lowest BCUT2D eigenvalue weighted by Crippen LogP contribution is -2.42. The Hall–Kier alpha value is -2.67. The van der Waals surface area contributed by atoms with Crippen molar-refractivity contribution in [1.82, 2.24) is 24.6 Å². The zero-order valence-corrected chi connectivity index (χ0v) is 19.2. The summed E-state index contributed by atoms with van der Waals surface area (Å²) in [5.41, 5.74) is 2.41. The molecule has 0 bridgehead atoms. The van der Waals surface area contributed by atoms with Crippen molar-refractivity contribution in [2.75, 3.05) is 13.1 Å². The number of likely N-dealkylation sites (tertiary alicyclic amines) is 1. The molecule has 1 aliphatic heterocycles. The van der Waals surface area contributed by atoms with Crippen molar-refractivity contribution in [3.8, 4) is 11.4 Å². The number of amides is 1. The van der Waals surface area contributed by atoms with Crippen LogP contribution in [-0.2, 0) is 11.2 Å². The van der Waals surface area contributed by atoms with Crippen LogP contribution in [0.1, 0.15) is 44.2 Å². The van der Waals surface area contributed by atoms with Crippen molar-refractivity contribution < 1.29 is 4.79 Å². The number of benzene rings is 1. The molecule has 3 aromatic rings. The number of aromatic nitrogens is 4. The van der Waals surface area contributed by atoms with Gasteiger partial charge < -0.3 is 4.90 Å². The van der Waals surface area contributed by atoms with Crippen LogP contribution in [0, 0.1) is 5.92 Å². The number of rotatable bonds is 7. The van der Waals surface area contributed by atoms with E-state index in [0.717, 1.165) is 61.7 Å². The number of carbonyl (C=O) groups is 1. The summed E-state index contributed by atoms with van der Waals surface area (Å²) in [7, 11) is 0. The minimum atomic E-state index is -0.173. The van der Waals surface area contributed by atoms with Gasteiger partial charge in [-0.3, -0.25) is 14.3 Å². The van der Waals surface area contributed by atoms with Crippen molar-refractivity contribution in [3.63, 3.8) is 0 Å². The van der Waals surface area contributed by atoms with Crippen LogP contribution in [0.4, 0.5) is 0 Å². The maximum Gasteiger partial charge on any atom is 0.235 e. The molecule has 0 unspecified atom stereocenters. The molecule has 1 saturated carbocycles. The van der Waals surface area contributed by atoms with Crippen LogP contribution in [0.25, 0.3) is 11.4 Å². The van der Waals surface area contributed by atoms with Crippen LogP contribution in [0.5, 0.6) is 0 Å². The summed E-state index contributed by atoms with van der Waals surface area (Å²) in [5.74, 6) is 1.74. The summed E-state index contributed by atoms with van der Waals surface area (Å²) in [6.07, 6.45) is 9.09. The molecule has 1 saturated heterocycles. The largest absolute Gasteiger partial charge is 0.342 e. The Kier molecular flexibility index (Phi) is 6.26.